The number of carbonyl (C=O) groups is 2. The normalized spacial score (nSPS) is 14.2. The molecule has 20 heavy (non-hydrogen) atoms. The lowest BCUT2D eigenvalue weighted by Crippen LogP contribution is -2.41. The number of hydrogen-bond acceptors (Lipinski definition) is 3. The topological polar surface area (TPSA) is 57.6 Å². The molecule has 3 rings (SSSR count). The number of rotatable bonds is 2. The van der Waals surface area contributed by atoms with Crippen molar-refractivity contribution in [2.24, 2.45) is 0 Å². The minimum absolute atomic E-state index is 0.0378. The van der Waals surface area contributed by atoms with Gasteiger partial charge in [-0.2, -0.15) is 0 Å². The Kier molecular flexibility index (Phi) is 3.17. The van der Waals surface area contributed by atoms with Crippen molar-refractivity contribution in [3.05, 3.63) is 45.4 Å². The van der Waals surface area contributed by atoms with Crippen molar-refractivity contribution in [3.8, 4) is 0 Å². The number of carbonyl (C=O) groups excluding carboxylic acids is 2. The first-order valence-corrected chi connectivity index (χ1v) is 6.69. The van der Waals surface area contributed by atoms with Gasteiger partial charge in [-0.15, -0.1) is 0 Å². The van der Waals surface area contributed by atoms with Gasteiger partial charge in [-0.25, -0.2) is 0 Å². The number of nitrogens with zero attached hydrogens (tertiary/aromatic N) is 1. The molecule has 0 atom stereocenters. The summed E-state index contributed by atoms with van der Waals surface area (Å²) in [4.78, 5) is 25.7. The van der Waals surface area contributed by atoms with Crippen LogP contribution in [-0.2, 0) is 0 Å². The van der Waals surface area contributed by atoms with Crippen LogP contribution in [0.3, 0.4) is 0 Å². The monoisotopic (exact) mass is 309 g/mol. The second kappa shape index (κ2) is 4.74. The van der Waals surface area contributed by atoms with E-state index in [0.717, 1.165) is 4.90 Å². The maximum atomic E-state index is 12.3. The first kappa shape index (κ1) is 13.4. The number of aliphatic hydroxyl groups excluding tert-OH is 1. The van der Waals surface area contributed by atoms with Crippen LogP contribution in [0, 0.1) is 0 Å². The van der Waals surface area contributed by atoms with E-state index in [1.54, 1.807) is 24.3 Å². The molecule has 0 bridgehead atoms. The third-order valence-corrected chi connectivity index (χ3v) is 3.96. The molecule has 1 aliphatic heterocycles. The van der Waals surface area contributed by atoms with Crippen molar-refractivity contribution in [2.75, 3.05) is 13.2 Å². The minimum atomic E-state index is -0.444. The van der Waals surface area contributed by atoms with Gasteiger partial charge in [0.25, 0.3) is 11.8 Å². The average molecular weight is 310 g/mol. The van der Waals surface area contributed by atoms with E-state index < -0.39 is 11.8 Å². The Morgan fingerprint density at radius 1 is 0.900 bits per heavy atom. The van der Waals surface area contributed by atoms with E-state index in [1.807, 2.05) is 0 Å². The minimum Gasteiger partial charge on any atom is -0.395 e. The molecule has 0 aromatic heterocycles. The summed E-state index contributed by atoms with van der Waals surface area (Å²) < 4.78 is 0. The van der Waals surface area contributed by atoms with Crippen molar-refractivity contribution in [3.63, 3.8) is 0 Å². The lowest BCUT2D eigenvalue weighted by molar-refractivity contribution is 0.0580. The zero-order chi connectivity index (χ0) is 14.4. The van der Waals surface area contributed by atoms with E-state index in [1.165, 1.54) is 0 Å². The molecule has 0 fully saturated rings. The zero-order valence-electron chi connectivity index (χ0n) is 10.2. The van der Waals surface area contributed by atoms with Crippen LogP contribution in [0.2, 0.25) is 10.0 Å². The molecule has 0 unspecified atom stereocenters. The second-order valence-electron chi connectivity index (χ2n) is 4.43. The molecule has 2 amide bonds. The summed E-state index contributed by atoms with van der Waals surface area (Å²) in [6, 6.07) is 6.31. The van der Waals surface area contributed by atoms with Gasteiger partial charge in [0.1, 0.15) is 0 Å². The van der Waals surface area contributed by atoms with Crippen LogP contribution in [0.15, 0.2) is 24.3 Å². The lowest BCUT2D eigenvalue weighted by atomic mass is 9.94. The molecular weight excluding hydrogens is 301 g/mol. The number of halogens is 2. The van der Waals surface area contributed by atoms with Gasteiger partial charge in [0, 0.05) is 31.9 Å². The highest BCUT2D eigenvalue weighted by Crippen LogP contribution is 2.38. The van der Waals surface area contributed by atoms with Crippen LogP contribution in [0.5, 0.6) is 0 Å². The average Bonchev–Trinajstić information content (AvgIpc) is 2.43. The van der Waals surface area contributed by atoms with Crippen molar-refractivity contribution in [1.29, 1.82) is 0 Å². The Hall–Kier alpha value is -1.62. The van der Waals surface area contributed by atoms with Crippen LogP contribution >= 0.6 is 23.2 Å². The molecule has 0 saturated carbocycles. The standard InChI is InChI=1S/C14H9Cl2NO3/c15-9-3-1-7-11-8(2-4-10(16)12(9)11)14(20)17(5-6-18)13(7)19/h1-4,18H,5-6H2. The Morgan fingerprint density at radius 2 is 1.40 bits per heavy atom. The first-order chi connectivity index (χ1) is 9.56. The molecule has 6 heteroatoms. The number of benzene rings is 2. The SMILES string of the molecule is O=C1c2ccc(Cl)c3c(Cl)ccc(c23)C(=O)N1CCO. The van der Waals surface area contributed by atoms with Crippen molar-refractivity contribution in [2.45, 2.75) is 0 Å². The van der Waals surface area contributed by atoms with Crippen LogP contribution in [-0.4, -0.2) is 35.0 Å². The van der Waals surface area contributed by atoms with Crippen LogP contribution in [0.1, 0.15) is 20.7 Å². The Labute approximate surface area is 124 Å². The number of amides is 2. The molecule has 0 aliphatic carbocycles. The Morgan fingerprint density at radius 3 is 1.85 bits per heavy atom. The van der Waals surface area contributed by atoms with Gasteiger partial charge in [-0.1, -0.05) is 23.2 Å². The van der Waals surface area contributed by atoms with Crippen molar-refractivity contribution < 1.29 is 14.7 Å². The summed E-state index contributed by atoms with van der Waals surface area (Å²) in [6.45, 7) is -0.318. The van der Waals surface area contributed by atoms with Gasteiger partial charge in [-0.05, 0) is 24.3 Å². The summed E-state index contributed by atoms with van der Waals surface area (Å²) in [6.07, 6.45) is 0. The largest absolute Gasteiger partial charge is 0.395 e. The van der Waals surface area contributed by atoms with Crippen molar-refractivity contribution >= 4 is 45.8 Å². The smallest absolute Gasteiger partial charge is 0.261 e. The Bertz CT molecular complexity index is 701. The van der Waals surface area contributed by atoms with Crippen LogP contribution in [0.4, 0.5) is 0 Å². The number of hydrogen-bond donors (Lipinski definition) is 1. The van der Waals surface area contributed by atoms with Gasteiger partial charge < -0.3 is 5.11 Å². The molecule has 1 N–H and O–H groups in total. The van der Waals surface area contributed by atoms with Gasteiger partial charge in [0.15, 0.2) is 0 Å². The third kappa shape index (κ3) is 1.73. The van der Waals surface area contributed by atoms with Gasteiger partial charge >= 0.3 is 0 Å². The van der Waals surface area contributed by atoms with E-state index in [4.69, 9.17) is 28.3 Å². The number of β-amino-alcohol motifs (C(OH)–C–C–N with tert-alkyl or cyclic N) is 1. The first-order valence-electron chi connectivity index (χ1n) is 5.94. The molecule has 2 aromatic carbocycles. The molecule has 1 heterocycles. The van der Waals surface area contributed by atoms with E-state index in [-0.39, 0.29) is 13.2 Å². The van der Waals surface area contributed by atoms with Crippen LogP contribution in [0.25, 0.3) is 10.8 Å². The molecule has 0 saturated heterocycles. The summed E-state index contributed by atoms with van der Waals surface area (Å²) in [5, 5.41) is 10.8. The molecule has 0 radical (unpaired) electrons. The number of aliphatic hydroxyl groups is 1. The van der Waals surface area contributed by atoms with E-state index in [2.05, 4.69) is 0 Å². The van der Waals surface area contributed by atoms with E-state index >= 15 is 0 Å². The Balaban J connectivity index is 2.39. The molecule has 4 nitrogen and oxygen atoms in total. The molecule has 2 aromatic rings. The maximum absolute atomic E-state index is 12.3. The van der Waals surface area contributed by atoms with Gasteiger partial charge in [0.2, 0.25) is 0 Å². The summed E-state index contributed by atoms with van der Waals surface area (Å²) in [7, 11) is 0. The van der Waals surface area contributed by atoms with Gasteiger partial charge in [-0.3, -0.25) is 14.5 Å². The fourth-order valence-electron chi connectivity index (χ4n) is 2.46. The van der Waals surface area contributed by atoms with Gasteiger partial charge in [0.05, 0.1) is 13.2 Å². The summed E-state index contributed by atoms with van der Waals surface area (Å²) >= 11 is 12.2. The molecule has 102 valence electrons. The fraction of sp³-hybridized carbons (Fsp3) is 0.143. The third-order valence-electron chi connectivity index (χ3n) is 3.33. The maximum Gasteiger partial charge on any atom is 0.261 e. The summed E-state index contributed by atoms with van der Waals surface area (Å²) in [5.74, 6) is -0.888. The van der Waals surface area contributed by atoms with Crippen LogP contribution < -0.4 is 0 Å². The van der Waals surface area contributed by atoms with Crippen molar-refractivity contribution in [1.82, 2.24) is 4.90 Å². The van der Waals surface area contributed by atoms with E-state index in [9.17, 15) is 9.59 Å². The molecule has 0 spiro atoms. The highest BCUT2D eigenvalue weighted by atomic mass is 35.5. The highest BCUT2D eigenvalue weighted by Gasteiger charge is 2.33. The quantitative estimate of drug-likeness (QED) is 0.868. The van der Waals surface area contributed by atoms with E-state index in [0.29, 0.717) is 31.9 Å². The zero-order valence-corrected chi connectivity index (χ0v) is 11.7. The summed E-state index contributed by atoms with van der Waals surface area (Å²) in [5.41, 5.74) is 0.741. The highest BCUT2D eigenvalue weighted by molar-refractivity contribution is 6.44. The number of imide groups is 1. The second-order valence-corrected chi connectivity index (χ2v) is 5.24. The molecular formula is C14H9Cl2NO3. The predicted molar refractivity (Wildman–Crippen MR) is 76.4 cm³/mol. The fourth-order valence-corrected chi connectivity index (χ4v) is 3.02. The lowest BCUT2D eigenvalue weighted by Gasteiger charge is -2.27. The molecule has 1 aliphatic rings. The predicted octanol–water partition coefficient (Wildman–Crippen LogP) is 2.73.